The molecule has 2 aliphatic rings. The predicted octanol–water partition coefficient (Wildman–Crippen LogP) is 2.37. The van der Waals surface area contributed by atoms with Crippen LogP contribution in [0.2, 0.25) is 8.67 Å². The van der Waals surface area contributed by atoms with E-state index in [0.29, 0.717) is 0 Å². The van der Waals surface area contributed by atoms with Crippen LogP contribution in [0.5, 0.6) is 0 Å². The summed E-state index contributed by atoms with van der Waals surface area (Å²) in [5, 5.41) is 3.28. The molecule has 0 amide bonds. The summed E-state index contributed by atoms with van der Waals surface area (Å²) in [6, 6.07) is 0. The van der Waals surface area contributed by atoms with Crippen LogP contribution in [-0.2, 0) is 13.1 Å². The van der Waals surface area contributed by atoms with Crippen LogP contribution in [0.25, 0.3) is 0 Å². The molecular weight excluding hydrogens is 265 g/mol. The Morgan fingerprint density at radius 3 is 2.50 bits per heavy atom. The van der Waals surface area contributed by atoms with Crippen LogP contribution in [-0.4, -0.2) is 30.4 Å². The summed E-state index contributed by atoms with van der Waals surface area (Å²) in [4.78, 5) is 6.70. The van der Waals surface area contributed by atoms with Crippen molar-refractivity contribution in [3.05, 3.63) is 19.8 Å². The highest BCUT2D eigenvalue weighted by Gasteiger charge is 2.27. The lowest BCUT2D eigenvalue weighted by Crippen LogP contribution is -2.32. The van der Waals surface area contributed by atoms with Crippen LogP contribution in [0.15, 0.2) is 4.99 Å². The number of halogens is 2. The molecule has 0 saturated carbocycles. The average molecular weight is 276 g/mol. The van der Waals surface area contributed by atoms with E-state index in [1.807, 2.05) is 0 Å². The first-order valence-electron chi connectivity index (χ1n) is 5.19. The van der Waals surface area contributed by atoms with Crippen LogP contribution in [0.3, 0.4) is 0 Å². The second kappa shape index (κ2) is 4.18. The first-order valence-corrected chi connectivity index (χ1v) is 6.76. The molecule has 0 radical (unpaired) electrons. The van der Waals surface area contributed by atoms with E-state index in [1.54, 1.807) is 0 Å². The van der Waals surface area contributed by atoms with Gasteiger partial charge < -0.3 is 5.32 Å². The van der Waals surface area contributed by atoms with Crippen molar-refractivity contribution in [2.24, 2.45) is 4.99 Å². The Morgan fingerprint density at radius 1 is 1.25 bits per heavy atom. The molecule has 3 rings (SSSR count). The van der Waals surface area contributed by atoms with E-state index in [4.69, 9.17) is 23.2 Å². The Balaban J connectivity index is 1.73. The summed E-state index contributed by atoms with van der Waals surface area (Å²) in [7, 11) is 0. The number of fused-ring (bicyclic) bond motifs is 1. The number of amidine groups is 1. The van der Waals surface area contributed by atoms with E-state index in [-0.39, 0.29) is 0 Å². The van der Waals surface area contributed by atoms with Crippen LogP contribution >= 0.6 is 34.5 Å². The minimum atomic E-state index is 0.837. The SMILES string of the molecule is Clc1sc(Cl)c2c1CN(CC1=NCCN1)C2. The van der Waals surface area contributed by atoms with Crippen molar-refractivity contribution in [3.63, 3.8) is 0 Å². The Hall–Kier alpha value is -0.290. The van der Waals surface area contributed by atoms with Crippen molar-refractivity contribution in [2.75, 3.05) is 19.6 Å². The second-order valence-corrected chi connectivity index (χ2v) is 6.23. The highest BCUT2D eigenvalue weighted by molar-refractivity contribution is 7.20. The third kappa shape index (κ3) is 1.84. The molecule has 0 unspecified atom stereocenters. The number of aliphatic imine (C=N–C) groups is 1. The highest BCUT2D eigenvalue weighted by atomic mass is 35.5. The van der Waals surface area contributed by atoms with Crippen molar-refractivity contribution in [3.8, 4) is 0 Å². The molecule has 3 nitrogen and oxygen atoms in total. The summed E-state index contributed by atoms with van der Waals surface area (Å²) in [6.45, 7) is 4.50. The molecule has 0 bridgehead atoms. The number of nitrogens with zero attached hydrogens (tertiary/aromatic N) is 2. The molecule has 2 aliphatic heterocycles. The van der Waals surface area contributed by atoms with Crippen LogP contribution in [0, 0.1) is 0 Å². The van der Waals surface area contributed by atoms with E-state index in [2.05, 4.69) is 15.2 Å². The molecule has 3 heterocycles. The quantitative estimate of drug-likeness (QED) is 0.898. The van der Waals surface area contributed by atoms with Crippen molar-refractivity contribution in [1.82, 2.24) is 10.2 Å². The zero-order chi connectivity index (χ0) is 11.1. The molecule has 0 fully saturated rings. The zero-order valence-electron chi connectivity index (χ0n) is 8.59. The van der Waals surface area contributed by atoms with Gasteiger partial charge in [0, 0.05) is 30.8 Å². The number of hydrogen-bond donors (Lipinski definition) is 1. The minimum Gasteiger partial charge on any atom is -0.371 e. The van der Waals surface area contributed by atoms with E-state index in [0.717, 1.165) is 47.2 Å². The van der Waals surface area contributed by atoms with Gasteiger partial charge in [-0.15, -0.1) is 11.3 Å². The fraction of sp³-hybridized carbons (Fsp3) is 0.500. The molecule has 86 valence electrons. The molecule has 0 atom stereocenters. The molecule has 1 aromatic heterocycles. The molecule has 1 aromatic rings. The number of rotatable bonds is 2. The standard InChI is InChI=1S/C10H11Cl2N3S/c11-9-6-3-15(4-7(6)10(12)16-9)5-8-13-1-2-14-8/h1-5H2,(H,13,14). The fourth-order valence-electron chi connectivity index (χ4n) is 2.13. The summed E-state index contributed by atoms with van der Waals surface area (Å²) in [5.41, 5.74) is 2.41. The first kappa shape index (κ1) is 10.8. The smallest absolute Gasteiger partial charge is 0.111 e. The average Bonchev–Trinajstić information content (AvgIpc) is 2.90. The maximum absolute atomic E-state index is 6.13. The van der Waals surface area contributed by atoms with Crippen LogP contribution < -0.4 is 5.32 Å². The van der Waals surface area contributed by atoms with Crippen molar-refractivity contribution in [1.29, 1.82) is 0 Å². The predicted molar refractivity (Wildman–Crippen MR) is 68.8 cm³/mol. The lowest BCUT2D eigenvalue weighted by molar-refractivity contribution is 0.324. The van der Waals surface area contributed by atoms with Crippen molar-refractivity contribution < 1.29 is 0 Å². The topological polar surface area (TPSA) is 27.6 Å². The first-order chi connectivity index (χ1) is 7.74. The van der Waals surface area contributed by atoms with Crippen LogP contribution in [0.4, 0.5) is 0 Å². The molecular formula is C10H11Cl2N3S. The second-order valence-electron chi connectivity index (χ2n) is 4.01. The van der Waals surface area contributed by atoms with Gasteiger partial charge in [-0.2, -0.15) is 0 Å². The highest BCUT2D eigenvalue weighted by Crippen LogP contribution is 2.41. The summed E-state index contributed by atoms with van der Waals surface area (Å²) < 4.78 is 1.67. The van der Waals surface area contributed by atoms with Gasteiger partial charge in [0.1, 0.15) is 5.84 Å². The Morgan fingerprint density at radius 2 is 1.94 bits per heavy atom. The maximum Gasteiger partial charge on any atom is 0.111 e. The minimum absolute atomic E-state index is 0.837. The summed E-state index contributed by atoms with van der Waals surface area (Å²) in [5.74, 6) is 1.08. The molecule has 16 heavy (non-hydrogen) atoms. The van der Waals surface area contributed by atoms with Gasteiger partial charge in [0.2, 0.25) is 0 Å². The lowest BCUT2D eigenvalue weighted by atomic mass is 10.2. The van der Waals surface area contributed by atoms with Gasteiger partial charge in [-0.3, -0.25) is 9.89 Å². The zero-order valence-corrected chi connectivity index (χ0v) is 10.9. The number of hydrogen-bond acceptors (Lipinski definition) is 4. The van der Waals surface area contributed by atoms with Gasteiger partial charge in [0.25, 0.3) is 0 Å². The van der Waals surface area contributed by atoms with Crippen molar-refractivity contribution in [2.45, 2.75) is 13.1 Å². The van der Waals surface area contributed by atoms with E-state index in [1.165, 1.54) is 22.5 Å². The van der Waals surface area contributed by atoms with Gasteiger partial charge in [-0.05, 0) is 0 Å². The number of nitrogens with one attached hydrogen (secondary N) is 1. The molecule has 6 heteroatoms. The van der Waals surface area contributed by atoms with Gasteiger partial charge >= 0.3 is 0 Å². The third-order valence-corrected chi connectivity index (χ3v) is 4.67. The van der Waals surface area contributed by atoms with Crippen LogP contribution in [0.1, 0.15) is 11.1 Å². The molecule has 0 saturated heterocycles. The third-order valence-electron chi connectivity index (χ3n) is 2.90. The monoisotopic (exact) mass is 275 g/mol. The number of thiophene rings is 1. The summed E-state index contributed by atoms with van der Waals surface area (Å²) in [6.07, 6.45) is 0. The summed E-state index contributed by atoms with van der Waals surface area (Å²) >= 11 is 13.7. The fourth-order valence-corrected chi connectivity index (χ4v) is 3.84. The van der Waals surface area contributed by atoms with Crippen molar-refractivity contribution >= 4 is 40.4 Å². The van der Waals surface area contributed by atoms with Gasteiger partial charge in [0.15, 0.2) is 0 Å². The normalized spacial score (nSPS) is 19.8. The molecule has 0 aromatic carbocycles. The maximum atomic E-state index is 6.13. The van der Waals surface area contributed by atoms with E-state index < -0.39 is 0 Å². The van der Waals surface area contributed by atoms with Gasteiger partial charge in [0.05, 0.1) is 21.8 Å². The molecule has 0 aliphatic carbocycles. The lowest BCUT2D eigenvalue weighted by Gasteiger charge is -2.15. The largest absolute Gasteiger partial charge is 0.371 e. The molecule has 0 spiro atoms. The molecule has 1 N–H and O–H groups in total. The Labute approximate surface area is 108 Å². The Kier molecular flexibility index (Phi) is 2.83. The van der Waals surface area contributed by atoms with Gasteiger partial charge in [-0.1, -0.05) is 23.2 Å². The van der Waals surface area contributed by atoms with E-state index in [9.17, 15) is 0 Å². The van der Waals surface area contributed by atoms with Gasteiger partial charge in [-0.25, -0.2) is 0 Å². The Bertz CT molecular complexity index is 429. The van der Waals surface area contributed by atoms with E-state index >= 15 is 0 Å².